The van der Waals surface area contributed by atoms with Crippen LogP contribution < -0.4 is 10.6 Å². The van der Waals surface area contributed by atoms with Crippen LogP contribution in [0.2, 0.25) is 10.0 Å². The molecule has 1 aromatic heterocycles. The molecule has 2 aromatic rings. The van der Waals surface area contributed by atoms with Gasteiger partial charge < -0.3 is 15.5 Å². The highest BCUT2D eigenvalue weighted by Crippen LogP contribution is 2.23. The van der Waals surface area contributed by atoms with Gasteiger partial charge in [-0.05, 0) is 24.7 Å². The quantitative estimate of drug-likeness (QED) is 0.911. The average Bonchev–Trinajstić information content (AvgIpc) is 2.51. The standard InChI is InChI=1S/C15H18Cl2N6/c1-22-4-6-23(7-5-22)15-20-13(19-14(18)21-15)9-10-2-3-11(16)12(17)8-10/h2-3,8H,4-7,9H2,1H3,(H2,18,19,20,21). The van der Waals surface area contributed by atoms with Gasteiger partial charge in [-0.2, -0.15) is 15.0 Å². The van der Waals surface area contributed by atoms with Gasteiger partial charge in [-0.1, -0.05) is 29.3 Å². The van der Waals surface area contributed by atoms with Gasteiger partial charge >= 0.3 is 0 Å². The lowest BCUT2D eigenvalue weighted by Gasteiger charge is -2.32. The molecule has 23 heavy (non-hydrogen) atoms. The van der Waals surface area contributed by atoms with E-state index in [0.29, 0.717) is 28.2 Å². The molecule has 0 bridgehead atoms. The molecule has 1 aromatic carbocycles. The van der Waals surface area contributed by atoms with Crippen LogP contribution in [0, 0.1) is 0 Å². The third-order valence-electron chi connectivity index (χ3n) is 3.82. The summed E-state index contributed by atoms with van der Waals surface area (Å²) in [7, 11) is 2.11. The zero-order valence-corrected chi connectivity index (χ0v) is 14.3. The summed E-state index contributed by atoms with van der Waals surface area (Å²) in [5.74, 6) is 1.51. The first kappa shape index (κ1) is 16.2. The number of rotatable bonds is 3. The Morgan fingerprint density at radius 1 is 1.04 bits per heavy atom. The van der Waals surface area contributed by atoms with Crippen molar-refractivity contribution in [1.29, 1.82) is 0 Å². The molecule has 1 saturated heterocycles. The Hall–Kier alpha value is -1.63. The van der Waals surface area contributed by atoms with Crippen LogP contribution in [-0.2, 0) is 6.42 Å². The molecule has 1 aliphatic heterocycles. The Balaban J connectivity index is 1.81. The summed E-state index contributed by atoms with van der Waals surface area (Å²) >= 11 is 12.0. The Labute approximate surface area is 145 Å². The minimum atomic E-state index is 0.240. The first-order valence-corrected chi connectivity index (χ1v) is 8.15. The van der Waals surface area contributed by atoms with E-state index in [1.54, 1.807) is 6.07 Å². The van der Waals surface area contributed by atoms with Crippen molar-refractivity contribution >= 4 is 35.1 Å². The van der Waals surface area contributed by atoms with Gasteiger partial charge in [0.05, 0.1) is 10.0 Å². The second-order valence-corrected chi connectivity index (χ2v) is 6.44. The summed E-state index contributed by atoms with van der Waals surface area (Å²) in [5.41, 5.74) is 6.84. The summed E-state index contributed by atoms with van der Waals surface area (Å²) in [6.45, 7) is 3.72. The van der Waals surface area contributed by atoms with Crippen molar-refractivity contribution in [3.63, 3.8) is 0 Å². The summed E-state index contributed by atoms with van der Waals surface area (Å²) in [5, 5.41) is 1.05. The van der Waals surface area contributed by atoms with Crippen LogP contribution in [0.1, 0.15) is 11.4 Å². The zero-order valence-electron chi connectivity index (χ0n) is 12.8. The number of nitrogens with zero attached hydrogens (tertiary/aromatic N) is 5. The Kier molecular flexibility index (Phi) is 4.84. The summed E-state index contributed by atoms with van der Waals surface area (Å²) < 4.78 is 0. The van der Waals surface area contributed by atoms with Crippen LogP contribution in [0.3, 0.4) is 0 Å². The smallest absolute Gasteiger partial charge is 0.230 e. The minimum Gasteiger partial charge on any atom is -0.368 e. The van der Waals surface area contributed by atoms with Gasteiger partial charge in [0.25, 0.3) is 0 Å². The molecular weight excluding hydrogens is 335 g/mol. The number of nitrogens with two attached hydrogens (primary N) is 1. The van der Waals surface area contributed by atoms with E-state index in [4.69, 9.17) is 28.9 Å². The van der Waals surface area contributed by atoms with Crippen molar-refractivity contribution in [3.05, 3.63) is 39.6 Å². The number of halogens is 2. The number of likely N-dealkylation sites (N-methyl/N-ethyl adjacent to an activating group) is 1. The predicted octanol–water partition coefficient (Wildman–Crippen LogP) is 2.10. The van der Waals surface area contributed by atoms with Gasteiger partial charge in [0.1, 0.15) is 5.82 Å². The van der Waals surface area contributed by atoms with E-state index in [2.05, 4.69) is 31.8 Å². The number of hydrogen-bond acceptors (Lipinski definition) is 6. The van der Waals surface area contributed by atoms with Gasteiger partial charge in [0, 0.05) is 32.6 Å². The molecule has 1 fully saturated rings. The number of anilines is 2. The van der Waals surface area contributed by atoms with Gasteiger partial charge in [-0.25, -0.2) is 0 Å². The lowest BCUT2D eigenvalue weighted by molar-refractivity contribution is 0.311. The van der Waals surface area contributed by atoms with Crippen molar-refractivity contribution in [2.75, 3.05) is 43.9 Å². The maximum Gasteiger partial charge on any atom is 0.230 e. The molecular formula is C15H18Cl2N6. The van der Waals surface area contributed by atoms with Gasteiger partial charge in [-0.15, -0.1) is 0 Å². The SMILES string of the molecule is CN1CCN(c2nc(N)nc(Cc3ccc(Cl)c(Cl)c3)n2)CC1. The summed E-state index contributed by atoms with van der Waals surface area (Å²) in [4.78, 5) is 17.5. The monoisotopic (exact) mass is 352 g/mol. The van der Waals surface area contributed by atoms with Crippen LogP contribution in [0.4, 0.5) is 11.9 Å². The highest BCUT2D eigenvalue weighted by atomic mass is 35.5. The molecule has 8 heteroatoms. The van der Waals surface area contributed by atoms with E-state index in [0.717, 1.165) is 31.7 Å². The van der Waals surface area contributed by atoms with Crippen LogP contribution in [0.5, 0.6) is 0 Å². The first-order chi connectivity index (χ1) is 11.0. The molecule has 1 aliphatic rings. The fraction of sp³-hybridized carbons (Fsp3) is 0.400. The Morgan fingerprint density at radius 3 is 2.48 bits per heavy atom. The Morgan fingerprint density at radius 2 is 1.78 bits per heavy atom. The van der Waals surface area contributed by atoms with E-state index in [1.165, 1.54) is 0 Å². The maximum absolute atomic E-state index is 6.06. The van der Waals surface area contributed by atoms with E-state index in [9.17, 15) is 0 Å². The van der Waals surface area contributed by atoms with Crippen LogP contribution in [0.15, 0.2) is 18.2 Å². The largest absolute Gasteiger partial charge is 0.368 e. The van der Waals surface area contributed by atoms with Crippen molar-refractivity contribution < 1.29 is 0 Å². The van der Waals surface area contributed by atoms with Crippen LogP contribution in [0.25, 0.3) is 0 Å². The van der Waals surface area contributed by atoms with Crippen molar-refractivity contribution in [2.24, 2.45) is 0 Å². The van der Waals surface area contributed by atoms with Gasteiger partial charge in [0.15, 0.2) is 0 Å². The third-order valence-corrected chi connectivity index (χ3v) is 4.56. The molecule has 6 nitrogen and oxygen atoms in total. The highest BCUT2D eigenvalue weighted by molar-refractivity contribution is 6.42. The number of nitrogen functional groups attached to an aromatic ring is 1. The summed E-state index contributed by atoms with van der Waals surface area (Å²) in [6.07, 6.45) is 0.532. The number of piperazine rings is 1. The number of hydrogen-bond donors (Lipinski definition) is 1. The molecule has 3 rings (SSSR count). The predicted molar refractivity (Wildman–Crippen MR) is 93.2 cm³/mol. The molecule has 0 aliphatic carbocycles. The molecule has 0 unspecified atom stereocenters. The molecule has 0 radical (unpaired) electrons. The second kappa shape index (κ2) is 6.86. The molecule has 0 amide bonds. The lowest BCUT2D eigenvalue weighted by Crippen LogP contribution is -2.45. The molecule has 0 spiro atoms. The molecule has 0 atom stereocenters. The van der Waals surface area contributed by atoms with Crippen molar-refractivity contribution in [1.82, 2.24) is 19.9 Å². The van der Waals surface area contributed by atoms with Gasteiger partial charge in [0.2, 0.25) is 11.9 Å². The van der Waals surface area contributed by atoms with E-state index in [-0.39, 0.29) is 5.95 Å². The first-order valence-electron chi connectivity index (χ1n) is 7.39. The number of aromatic nitrogens is 3. The number of benzene rings is 1. The second-order valence-electron chi connectivity index (χ2n) is 5.63. The van der Waals surface area contributed by atoms with E-state index < -0.39 is 0 Å². The fourth-order valence-electron chi connectivity index (χ4n) is 2.48. The van der Waals surface area contributed by atoms with E-state index in [1.807, 2.05) is 12.1 Å². The molecule has 122 valence electrons. The normalized spacial score (nSPS) is 15.9. The fourth-order valence-corrected chi connectivity index (χ4v) is 2.80. The van der Waals surface area contributed by atoms with Gasteiger partial charge in [-0.3, -0.25) is 0 Å². The van der Waals surface area contributed by atoms with Crippen molar-refractivity contribution in [2.45, 2.75) is 6.42 Å². The van der Waals surface area contributed by atoms with Crippen LogP contribution in [-0.4, -0.2) is 53.1 Å². The average molecular weight is 353 g/mol. The molecule has 2 N–H and O–H groups in total. The molecule has 0 saturated carbocycles. The summed E-state index contributed by atoms with van der Waals surface area (Å²) in [6, 6.07) is 5.49. The third kappa shape index (κ3) is 4.02. The lowest BCUT2D eigenvalue weighted by atomic mass is 10.1. The van der Waals surface area contributed by atoms with Crippen molar-refractivity contribution in [3.8, 4) is 0 Å². The highest BCUT2D eigenvalue weighted by Gasteiger charge is 2.18. The van der Waals surface area contributed by atoms with Crippen LogP contribution >= 0.6 is 23.2 Å². The van der Waals surface area contributed by atoms with E-state index >= 15 is 0 Å². The zero-order chi connectivity index (χ0) is 16.4. The molecule has 2 heterocycles. The topological polar surface area (TPSA) is 71.2 Å². The minimum absolute atomic E-state index is 0.240. The maximum atomic E-state index is 6.06. The Bertz CT molecular complexity index is 700.